The second-order valence-electron chi connectivity index (χ2n) is 8.10. The molecule has 11 heteroatoms. The average Bonchev–Trinajstić information content (AvgIpc) is 3.26. The summed E-state index contributed by atoms with van der Waals surface area (Å²) in [4.78, 5) is 31.8. The van der Waals surface area contributed by atoms with E-state index in [1.165, 1.54) is 6.20 Å². The molecular weight excluding hydrogens is 448 g/mol. The highest BCUT2D eigenvalue weighted by Gasteiger charge is 2.19. The van der Waals surface area contributed by atoms with Crippen molar-refractivity contribution in [2.45, 2.75) is 13.3 Å². The van der Waals surface area contributed by atoms with E-state index in [2.05, 4.69) is 25.3 Å². The van der Waals surface area contributed by atoms with Gasteiger partial charge in [0, 0.05) is 25.9 Å². The Morgan fingerprint density at radius 1 is 1.23 bits per heavy atom. The Bertz CT molecular complexity index is 1440. The molecule has 4 aromatic rings. The van der Waals surface area contributed by atoms with Gasteiger partial charge in [0.25, 0.3) is 5.91 Å². The van der Waals surface area contributed by atoms with Crippen molar-refractivity contribution in [2.24, 2.45) is 7.05 Å². The number of imidazole rings is 1. The van der Waals surface area contributed by atoms with Crippen LogP contribution in [-0.2, 0) is 11.8 Å². The van der Waals surface area contributed by atoms with E-state index in [-0.39, 0.29) is 5.91 Å². The number of nitriles is 1. The van der Waals surface area contributed by atoms with E-state index in [1.807, 2.05) is 20.0 Å². The molecule has 0 radical (unpaired) electrons. The van der Waals surface area contributed by atoms with Crippen LogP contribution in [-0.4, -0.2) is 55.2 Å². The number of pyridine rings is 3. The van der Waals surface area contributed by atoms with Crippen LogP contribution in [0.2, 0.25) is 0 Å². The Morgan fingerprint density at radius 3 is 2.83 bits per heavy atom. The summed E-state index contributed by atoms with van der Waals surface area (Å²) < 4.78 is 13.1. The summed E-state index contributed by atoms with van der Waals surface area (Å²) in [5.74, 6) is 1.25. The minimum atomic E-state index is -0.109. The van der Waals surface area contributed by atoms with Crippen molar-refractivity contribution >= 4 is 28.6 Å². The van der Waals surface area contributed by atoms with Crippen LogP contribution < -0.4 is 10.1 Å². The number of nitrogens with zero attached hydrogens (tertiary/aromatic N) is 7. The number of nitrogens with one attached hydrogen (secondary N) is 1. The first-order valence-electron chi connectivity index (χ1n) is 11.0. The molecule has 0 unspecified atom stereocenters. The molecule has 5 heterocycles. The van der Waals surface area contributed by atoms with Gasteiger partial charge in [-0.2, -0.15) is 10.2 Å². The lowest BCUT2D eigenvalue weighted by Gasteiger charge is -2.26. The SMILES string of the molecule is Cc1cc(C#N)ncc1Oc1cc(Nc2ccc(C(=O)N3CCCOC3)cn2)c2ncn(C)c2n1. The fraction of sp³-hybridized carbons (Fsp3) is 0.250. The molecule has 1 fully saturated rings. The van der Waals surface area contributed by atoms with Crippen molar-refractivity contribution in [2.75, 3.05) is 25.2 Å². The summed E-state index contributed by atoms with van der Waals surface area (Å²) in [6.07, 6.45) is 5.53. The predicted molar refractivity (Wildman–Crippen MR) is 126 cm³/mol. The van der Waals surface area contributed by atoms with Crippen molar-refractivity contribution in [3.8, 4) is 17.7 Å². The third-order valence-electron chi connectivity index (χ3n) is 5.56. The molecule has 176 valence electrons. The molecule has 35 heavy (non-hydrogen) atoms. The molecule has 1 aliphatic rings. The highest BCUT2D eigenvalue weighted by Crippen LogP contribution is 2.31. The molecule has 1 amide bonds. The lowest BCUT2D eigenvalue weighted by atomic mass is 10.2. The molecule has 4 aromatic heterocycles. The summed E-state index contributed by atoms with van der Waals surface area (Å²) in [6.45, 7) is 3.48. The third-order valence-corrected chi connectivity index (χ3v) is 5.56. The van der Waals surface area contributed by atoms with Gasteiger partial charge < -0.3 is 24.3 Å². The Kier molecular flexibility index (Phi) is 5.95. The van der Waals surface area contributed by atoms with Crippen LogP contribution in [0.4, 0.5) is 11.5 Å². The van der Waals surface area contributed by atoms with Crippen molar-refractivity contribution in [3.05, 3.63) is 59.8 Å². The second-order valence-corrected chi connectivity index (χ2v) is 8.10. The first-order valence-corrected chi connectivity index (χ1v) is 11.0. The van der Waals surface area contributed by atoms with E-state index in [4.69, 9.17) is 14.7 Å². The Balaban J connectivity index is 1.41. The van der Waals surface area contributed by atoms with Gasteiger partial charge in [0.2, 0.25) is 5.88 Å². The van der Waals surface area contributed by atoms with Crippen LogP contribution in [0.5, 0.6) is 11.6 Å². The maximum Gasteiger partial charge on any atom is 0.257 e. The van der Waals surface area contributed by atoms with E-state index in [9.17, 15) is 4.79 Å². The van der Waals surface area contributed by atoms with Crippen molar-refractivity contribution in [1.82, 2.24) is 29.4 Å². The minimum Gasteiger partial charge on any atom is -0.437 e. The lowest BCUT2D eigenvalue weighted by Crippen LogP contribution is -2.38. The summed E-state index contributed by atoms with van der Waals surface area (Å²) in [7, 11) is 1.84. The maximum absolute atomic E-state index is 12.7. The van der Waals surface area contributed by atoms with E-state index in [0.29, 0.717) is 65.4 Å². The Morgan fingerprint density at radius 2 is 2.11 bits per heavy atom. The summed E-state index contributed by atoms with van der Waals surface area (Å²) in [5, 5.41) is 12.3. The second kappa shape index (κ2) is 9.36. The highest BCUT2D eigenvalue weighted by molar-refractivity contribution is 5.94. The molecule has 1 aliphatic heterocycles. The van der Waals surface area contributed by atoms with Gasteiger partial charge >= 0.3 is 0 Å². The fourth-order valence-electron chi connectivity index (χ4n) is 3.72. The lowest BCUT2D eigenvalue weighted by molar-refractivity contribution is -0.00573. The molecule has 0 spiro atoms. The topological polar surface area (TPSA) is 131 Å². The zero-order valence-electron chi connectivity index (χ0n) is 19.2. The third kappa shape index (κ3) is 4.60. The maximum atomic E-state index is 12.7. The predicted octanol–water partition coefficient (Wildman–Crippen LogP) is 3.29. The summed E-state index contributed by atoms with van der Waals surface area (Å²) >= 11 is 0. The van der Waals surface area contributed by atoms with Gasteiger partial charge in [-0.15, -0.1) is 0 Å². The van der Waals surface area contributed by atoms with Crippen LogP contribution in [0.15, 0.2) is 43.0 Å². The van der Waals surface area contributed by atoms with Gasteiger partial charge in [0.15, 0.2) is 11.4 Å². The number of amides is 1. The van der Waals surface area contributed by atoms with Gasteiger partial charge in [-0.3, -0.25) is 4.79 Å². The normalized spacial score (nSPS) is 13.5. The minimum absolute atomic E-state index is 0.109. The number of anilines is 2. The van der Waals surface area contributed by atoms with E-state index in [1.54, 1.807) is 46.3 Å². The highest BCUT2D eigenvalue weighted by atomic mass is 16.5. The number of carbonyl (C=O) groups is 1. The molecular formula is C24H22N8O3. The number of hydrogen-bond donors (Lipinski definition) is 1. The number of aromatic nitrogens is 5. The van der Waals surface area contributed by atoms with Crippen LogP contribution in [0.3, 0.4) is 0 Å². The average molecular weight is 470 g/mol. The number of aryl methyl sites for hydroxylation is 2. The molecule has 0 saturated carbocycles. The first kappa shape index (κ1) is 22.2. The van der Waals surface area contributed by atoms with Gasteiger partial charge in [0.05, 0.1) is 30.4 Å². The van der Waals surface area contributed by atoms with Gasteiger partial charge in [-0.25, -0.2) is 15.0 Å². The van der Waals surface area contributed by atoms with Crippen LogP contribution in [0.25, 0.3) is 11.2 Å². The van der Waals surface area contributed by atoms with E-state index in [0.717, 1.165) is 12.0 Å². The molecule has 0 aliphatic carbocycles. The number of fused-ring (bicyclic) bond motifs is 1. The van der Waals surface area contributed by atoms with Crippen LogP contribution in [0.1, 0.15) is 28.0 Å². The van der Waals surface area contributed by atoms with Gasteiger partial charge in [-0.1, -0.05) is 0 Å². The standard InChI is InChI=1S/C24H22N8O3/c1-15-8-17(10-25)26-12-19(15)35-21-9-18(22-23(30-21)31(2)13-28-22)29-20-5-4-16(11-27-20)24(33)32-6-3-7-34-14-32/h4-5,8-9,11-13H,3,6-7,14H2,1-2H3,(H,27,29,30). The van der Waals surface area contributed by atoms with Gasteiger partial charge in [0.1, 0.15) is 29.8 Å². The van der Waals surface area contributed by atoms with E-state index < -0.39 is 0 Å². The molecule has 0 aromatic carbocycles. The van der Waals surface area contributed by atoms with Crippen LogP contribution in [0, 0.1) is 18.3 Å². The molecule has 5 rings (SSSR count). The molecule has 0 atom stereocenters. The summed E-state index contributed by atoms with van der Waals surface area (Å²) in [5.41, 5.74) is 3.46. The quantitative estimate of drug-likeness (QED) is 0.467. The largest absolute Gasteiger partial charge is 0.437 e. The first-order chi connectivity index (χ1) is 17.0. The Labute approximate surface area is 201 Å². The zero-order chi connectivity index (χ0) is 24.4. The molecule has 11 nitrogen and oxygen atoms in total. The van der Waals surface area contributed by atoms with Gasteiger partial charge in [-0.05, 0) is 37.1 Å². The number of rotatable bonds is 5. The number of hydrogen-bond acceptors (Lipinski definition) is 9. The van der Waals surface area contributed by atoms with Crippen molar-refractivity contribution in [1.29, 1.82) is 5.26 Å². The summed E-state index contributed by atoms with van der Waals surface area (Å²) in [6, 6.07) is 8.85. The Hall–Kier alpha value is -4.56. The monoisotopic (exact) mass is 470 g/mol. The van der Waals surface area contributed by atoms with Crippen LogP contribution >= 0.6 is 0 Å². The number of ether oxygens (including phenoxy) is 2. The zero-order valence-corrected chi connectivity index (χ0v) is 19.2. The molecule has 1 N–H and O–H groups in total. The smallest absolute Gasteiger partial charge is 0.257 e. The fourth-order valence-corrected chi connectivity index (χ4v) is 3.72. The molecule has 1 saturated heterocycles. The van der Waals surface area contributed by atoms with Crippen molar-refractivity contribution in [3.63, 3.8) is 0 Å². The molecule has 0 bridgehead atoms. The van der Waals surface area contributed by atoms with Crippen molar-refractivity contribution < 1.29 is 14.3 Å². The van der Waals surface area contributed by atoms with E-state index >= 15 is 0 Å². The number of carbonyl (C=O) groups excluding carboxylic acids is 1.